The zero-order valence-corrected chi connectivity index (χ0v) is 10.00. The van der Waals surface area contributed by atoms with Crippen molar-refractivity contribution in [2.45, 2.75) is 45.6 Å². The molecule has 1 saturated heterocycles. The van der Waals surface area contributed by atoms with E-state index in [9.17, 15) is 4.79 Å². The summed E-state index contributed by atoms with van der Waals surface area (Å²) in [6.45, 7) is 7.47. The summed E-state index contributed by atoms with van der Waals surface area (Å²) in [5, 5.41) is 0. The number of rotatable bonds is 6. The summed E-state index contributed by atoms with van der Waals surface area (Å²) in [7, 11) is 0. The minimum absolute atomic E-state index is 0.346. The van der Waals surface area contributed by atoms with Crippen LogP contribution < -0.4 is 0 Å². The molecule has 1 unspecified atom stereocenters. The van der Waals surface area contributed by atoms with Gasteiger partial charge in [0, 0.05) is 19.6 Å². The molecule has 15 heavy (non-hydrogen) atoms. The first kappa shape index (κ1) is 12.7. The predicted molar refractivity (Wildman–Crippen MR) is 61.0 cm³/mol. The smallest absolute Gasteiger partial charge is 0.146 e. The highest BCUT2D eigenvalue weighted by molar-refractivity contribution is 5.80. The normalized spacial score (nSPS) is 22.9. The van der Waals surface area contributed by atoms with Gasteiger partial charge in [-0.15, -0.1) is 0 Å². The monoisotopic (exact) mass is 213 g/mol. The lowest BCUT2D eigenvalue weighted by atomic mass is 10.1. The van der Waals surface area contributed by atoms with Gasteiger partial charge in [-0.05, 0) is 32.7 Å². The van der Waals surface area contributed by atoms with Gasteiger partial charge >= 0.3 is 0 Å². The summed E-state index contributed by atoms with van der Waals surface area (Å²) in [5.74, 6) is 0.370. The van der Waals surface area contributed by atoms with Gasteiger partial charge in [0.15, 0.2) is 0 Å². The number of Topliss-reactive ketones (excluding diaryl/α,β-unsaturated/α-hetero) is 1. The quantitative estimate of drug-likeness (QED) is 0.674. The van der Waals surface area contributed by atoms with Gasteiger partial charge in [-0.2, -0.15) is 0 Å². The van der Waals surface area contributed by atoms with Crippen LogP contribution in [0.5, 0.6) is 0 Å². The first-order valence-electron chi connectivity index (χ1n) is 6.12. The minimum atomic E-state index is 0.346. The maximum absolute atomic E-state index is 11.5. The number of carbonyl (C=O) groups excluding carboxylic acids is 1. The Morgan fingerprint density at radius 3 is 2.93 bits per heavy atom. The lowest BCUT2D eigenvalue weighted by Crippen LogP contribution is -2.42. The molecule has 0 aromatic carbocycles. The second-order valence-electron chi connectivity index (χ2n) is 4.24. The van der Waals surface area contributed by atoms with Gasteiger partial charge in [-0.3, -0.25) is 9.69 Å². The first-order valence-corrected chi connectivity index (χ1v) is 6.12. The largest absolute Gasteiger partial charge is 0.377 e. The third-order valence-electron chi connectivity index (χ3n) is 2.79. The second-order valence-corrected chi connectivity index (χ2v) is 4.24. The molecule has 3 heteroatoms. The molecule has 0 bridgehead atoms. The van der Waals surface area contributed by atoms with Gasteiger partial charge in [-0.1, -0.05) is 6.92 Å². The van der Waals surface area contributed by atoms with Crippen molar-refractivity contribution in [1.29, 1.82) is 0 Å². The van der Waals surface area contributed by atoms with E-state index in [-0.39, 0.29) is 0 Å². The zero-order valence-electron chi connectivity index (χ0n) is 10.00. The Bertz CT molecular complexity index is 192. The number of carbonyl (C=O) groups is 1. The van der Waals surface area contributed by atoms with E-state index in [1.54, 1.807) is 0 Å². The van der Waals surface area contributed by atoms with E-state index in [4.69, 9.17) is 4.74 Å². The van der Waals surface area contributed by atoms with E-state index in [1.165, 1.54) is 0 Å². The van der Waals surface area contributed by atoms with Crippen LogP contribution in [0.3, 0.4) is 0 Å². The average Bonchev–Trinajstić information content (AvgIpc) is 2.19. The van der Waals surface area contributed by atoms with Crippen molar-refractivity contribution in [3.05, 3.63) is 0 Å². The highest BCUT2D eigenvalue weighted by atomic mass is 16.5. The predicted octanol–water partition coefficient (Wildman–Crippen LogP) is 1.86. The Kier molecular flexibility index (Phi) is 5.88. The van der Waals surface area contributed by atoms with Gasteiger partial charge < -0.3 is 4.74 Å². The topological polar surface area (TPSA) is 29.5 Å². The number of ketones is 1. The van der Waals surface area contributed by atoms with Crippen molar-refractivity contribution >= 4 is 5.78 Å². The molecule has 0 radical (unpaired) electrons. The van der Waals surface area contributed by atoms with E-state index in [2.05, 4.69) is 11.8 Å². The summed E-state index contributed by atoms with van der Waals surface area (Å²) in [6.07, 6.45) is 4.33. The number of hydrogen-bond acceptors (Lipinski definition) is 3. The maximum atomic E-state index is 11.5. The Morgan fingerprint density at radius 2 is 2.27 bits per heavy atom. The molecule has 1 rings (SSSR count). The van der Waals surface area contributed by atoms with Gasteiger partial charge in [0.1, 0.15) is 5.78 Å². The molecule has 0 N–H and O–H groups in total. The number of nitrogens with zero attached hydrogens (tertiary/aromatic N) is 1. The molecule has 0 aromatic rings. The fourth-order valence-electron chi connectivity index (χ4n) is 2.14. The van der Waals surface area contributed by atoms with Crippen molar-refractivity contribution in [3.8, 4) is 0 Å². The third-order valence-corrected chi connectivity index (χ3v) is 2.79. The van der Waals surface area contributed by atoms with Gasteiger partial charge in [0.25, 0.3) is 0 Å². The van der Waals surface area contributed by atoms with E-state index in [0.717, 1.165) is 45.4 Å². The summed E-state index contributed by atoms with van der Waals surface area (Å²) < 4.78 is 5.60. The van der Waals surface area contributed by atoms with Crippen LogP contribution in [0.1, 0.15) is 39.5 Å². The van der Waals surface area contributed by atoms with Gasteiger partial charge in [0.05, 0.1) is 12.6 Å². The molecule has 1 heterocycles. The van der Waals surface area contributed by atoms with E-state index in [1.807, 2.05) is 6.92 Å². The Morgan fingerprint density at radius 1 is 1.47 bits per heavy atom. The highest BCUT2D eigenvalue weighted by Crippen LogP contribution is 2.13. The average molecular weight is 213 g/mol. The molecule has 1 atom stereocenters. The molecular weight excluding hydrogens is 190 g/mol. The van der Waals surface area contributed by atoms with Crippen molar-refractivity contribution in [1.82, 2.24) is 4.90 Å². The highest BCUT2D eigenvalue weighted by Gasteiger charge is 2.21. The summed E-state index contributed by atoms with van der Waals surface area (Å²) >= 11 is 0. The fraction of sp³-hybridized carbons (Fsp3) is 0.917. The van der Waals surface area contributed by atoms with Gasteiger partial charge in [-0.25, -0.2) is 0 Å². The van der Waals surface area contributed by atoms with Crippen LogP contribution >= 0.6 is 0 Å². The van der Waals surface area contributed by atoms with Crippen LogP contribution in [0, 0.1) is 0 Å². The molecule has 88 valence electrons. The van der Waals surface area contributed by atoms with Crippen molar-refractivity contribution in [2.24, 2.45) is 0 Å². The van der Waals surface area contributed by atoms with Crippen LogP contribution in [-0.2, 0) is 9.53 Å². The fourth-order valence-corrected chi connectivity index (χ4v) is 2.14. The molecule has 0 aromatic heterocycles. The maximum Gasteiger partial charge on any atom is 0.146 e. The molecular formula is C12H23NO2. The zero-order chi connectivity index (χ0) is 11.1. The van der Waals surface area contributed by atoms with Crippen molar-refractivity contribution < 1.29 is 9.53 Å². The molecule has 0 saturated carbocycles. The second kappa shape index (κ2) is 6.96. The number of likely N-dealkylation sites (tertiary alicyclic amines) is 1. The Hall–Kier alpha value is -0.410. The lowest BCUT2D eigenvalue weighted by Gasteiger charge is -2.31. The number of piperidine rings is 1. The molecule has 1 fully saturated rings. The molecule has 3 nitrogen and oxygen atoms in total. The SMILES string of the molecule is CCCC(=O)CN1CCCC(OCC)C1. The third kappa shape index (κ3) is 4.76. The molecule has 0 spiro atoms. The summed E-state index contributed by atoms with van der Waals surface area (Å²) in [4.78, 5) is 13.7. The standard InChI is InChI=1S/C12H23NO2/c1-3-6-11(14)9-13-8-5-7-12(10-13)15-4-2/h12H,3-10H2,1-2H3. The Labute approximate surface area is 92.8 Å². The number of ether oxygens (including phenoxy) is 1. The summed E-state index contributed by atoms with van der Waals surface area (Å²) in [5.41, 5.74) is 0. The summed E-state index contributed by atoms with van der Waals surface area (Å²) in [6, 6.07) is 0. The van der Waals surface area contributed by atoms with E-state index in [0.29, 0.717) is 18.4 Å². The molecule has 0 amide bonds. The van der Waals surface area contributed by atoms with E-state index < -0.39 is 0 Å². The number of hydrogen-bond donors (Lipinski definition) is 0. The lowest BCUT2D eigenvalue weighted by molar-refractivity contribution is -0.121. The van der Waals surface area contributed by atoms with Crippen molar-refractivity contribution in [3.63, 3.8) is 0 Å². The minimum Gasteiger partial charge on any atom is -0.377 e. The van der Waals surface area contributed by atoms with Crippen LogP contribution in [0.15, 0.2) is 0 Å². The Balaban J connectivity index is 2.26. The van der Waals surface area contributed by atoms with Gasteiger partial charge in [0.2, 0.25) is 0 Å². The van der Waals surface area contributed by atoms with Crippen LogP contribution in [0.25, 0.3) is 0 Å². The van der Waals surface area contributed by atoms with Crippen LogP contribution in [0.4, 0.5) is 0 Å². The van der Waals surface area contributed by atoms with Crippen LogP contribution in [-0.4, -0.2) is 43.0 Å². The first-order chi connectivity index (χ1) is 7.26. The molecule has 1 aliphatic rings. The van der Waals surface area contributed by atoms with Crippen molar-refractivity contribution in [2.75, 3.05) is 26.2 Å². The van der Waals surface area contributed by atoms with E-state index >= 15 is 0 Å². The van der Waals surface area contributed by atoms with Crippen LogP contribution in [0.2, 0.25) is 0 Å². The molecule has 0 aliphatic carbocycles. The molecule has 1 aliphatic heterocycles.